The molecule has 0 radical (unpaired) electrons. The van der Waals surface area contributed by atoms with E-state index in [2.05, 4.69) is 26.4 Å². The third kappa shape index (κ3) is 18.5. The fraction of sp³-hybridized carbons (Fsp3) is 0.541. The zero-order chi connectivity index (χ0) is 62.5. The van der Waals surface area contributed by atoms with E-state index >= 15 is 0 Å². The van der Waals surface area contributed by atoms with Crippen LogP contribution in [0.25, 0.3) is 0 Å². The minimum Gasteiger partial charge on any atom is -0.497 e. The topological polar surface area (TPSA) is 293 Å². The van der Waals surface area contributed by atoms with Gasteiger partial charge in [0.05, 0.1) is 39.9 Å². The number of methoxy groups -OCH3 is 2. The molecule has 3 aromatic carbocycles. The molecular formula is C61H81N6O18P. The normalized spacial score (nSPS) is 21.5. The average molecular weight is 1220 g/mol. The maximum Gasteiger partial charge on any atom is 0.330 e. The van der Waals surface area contributed by atoms with Gasteiger partial charge in [0, 0.05) is 77.5 Å². The molecule has 10 atom stereocenters. The van der Waals surface area contributed by atoms with Crippen LogP contribution in [0.3, 0.4) is 0 Å². The number of aromatic nitrogens is 2. The molecule has 468 valence electrons. The smallest absolute Gasteiger partial charge is 0.330 e. The Morgan fingerprint density at radius 1 is 0.744 bits per heavy atom. The van der Waals surface area contributed by atoms with Crippen molar-refractivity contribution in [2.24, 2.45) is 5.92 Å². The van der Waals surface area contributed by atoms with Gasteiger partial charge in [-0.3, -0.25) is 38.3 Å². The number of aromatic amines is 1. The van der Waals surface area contributed by atoms with Gasteiger partial charge in [-0.15, -0.1) is 0 Å². The Morgan fingerprint density at radius 2 is 1.35 bits per heavy atom. The van der Waals surface area contributed by atoms with Crippen LogP contribution in [0.15, 0.2) is 101 Å². The Kier molecular flexibility index (Phi) is 26.2. The summed E-state index contributed by atoms with van der Waals surface area (Å²) in [5.74, 6) is -2.28. The zero-order valence-corrected chi connectivity index (χ0v) is 51.3. The lowest BCUT2D eigenvalue weighted by Gasteiger charge is -2.44. The largest absolute Gasteiger partial charge is 0.497 e. The fourth-order valence-electron chi connectivity index (χ4n) is 10.6. The molecule has 0 spiro atoms. The number of nitrogens with one attached hydrogen (secondary N) is 3. The Labute approximate surface area is 502 Å². The van der Waals surface area contributed by atoms with Crippen LogP contribution in [0.2, 0.25) is 0 Å². The van der Waals surface area contributed by atoms with Crippen molar-refractivity contribution in [1.29, 1.82) is 5.26 Å². The lowest BCUT2D eigenvalue weighted by Crippen LogP contribution is -2.66. The van der Waals surface area contributed by atoms with Gasteiger partial charge in [-0.25, -0.2) is 9.46 Å². The number of amides is 2. The maximum absolute atomic E-state index is 13.9. The van der Waals surface area contributed by atoms with E-state index in [4.69, 9.17) is 51.7 Å². The summed E-state index contributed by atoms with van der Waals surface area (Å²) >= 11 is 0. The minimum absolute atomic E-state index is 0.0132. The third-order valence-electron chi connectivity index (χ3n) is 14.3. The molecule has 2 fully saturated rings. The summed E-state index contributed by atoms with van der Waals surface area (Å²) in [6.07, 6.45) is -4.83. The van der Waals surface area contributed by atoms with Crippen molar-refractivity contribution in [3.63, 3.8) is 0 Å². The summed E-state index contributed by atoms with van der Waals surface area (Å²) in [6.45, 7) is 12.6. The van der Waals surface area contributed by atoms with Gasteiger partial charge < -0.3 is 62.3 Å². The van der Waals surface area contributed by atoms with Crippen LogP contribution in [0.1, 0.15) is 117 Å². The van der Waals surface area contributed by atoms with Crippen LogP contribution in [0, 0.1) is 17.2 Å². The van der Waals surface area contributed by atoms with E-state index in [0.717, 1.165) is 30.5 Å². The summed E-state index contributed by atoms with van der Waals surface area (Å²) in [6, 6.07) is 27.0. The Morgan fingerprint density at radius 3 is 1.91 bits per heavy atom. The molecule has 2 saturated heterocycles. The number of ether oxygens (including phenoxy) is 9. The van der Waals surface area contributed by atoms with Crippen LogP contribution in [-0.2, 0) is 71.8 Å². The average Bonchev–Trinajstić information content (AvgIpc) is 1.50. The van der Waals surface area contributed by atoms with Crippen molar-refractivity contribution >= 4 is 38.2 Å². The van der Waals surface area contributed by atoms with Crippen LogP contribution < -0.4 is 31.4 Å². The molecule has 24 nitrogen and oxygen atoms in total. The predicted molar refractivity (Wildman–Crippen MR) is 313 cm³/mol. The first-order chi connectivity index (χ1) is 41.2. The third-order valence-corrected chi connectivity index (χ3v) is 16.4. The summed E-state index contributed by atoms with van der Waals surface area (Å²) in [5, 5.41) is 15.3. The molecule has 2 aliphatic rings. The summed E-state index contributed by atoms with van der Waals surface area (Å²) < 4.78 is 71.2. The number of hydrogen-bond donors (Lipinski definition) is 3. The van der Waals surface area contributed by atoms with E-state index in [1.54, 1.807) is 14.2 Å². The molecule has 0 saturated carbocycles. The minimum atomic E-state index is -1.92. The van der Waals surface area contributed by atoms with E-state index < -0.39 is 104 Å². The molecule has 86 heavy (non-hydrogen) atoms. The van der Waals surface area contributed by atoms with Crippen molar-refractivity contribution in [2.45, 2.75) is 161 Å². The molecule has 1 aromatic heterocycles. The van der Waals surface area contributed by atoms with Crippen molar-refractivity contribution in [2.75, 3.05) is 47.2 Å². The van der Waals surface area contributed by atoms with Gasteiger partial charge in [0.1, 0.15) is 54.3 Å². The molecule has 3 heterocycles. The molecule has 3 N–H and O–H groups in total. The number of esters is 3. The summed E-state index contributed by atoms with van der Waals surface area (Å²) in [5.41, 5.74) is -0.292. The highest BCUT2D eigenvalue weighted by atomic mass is 31.2. The fourth-order valence-corrected chi connectivity index (χ4v) is 12.4. The number of unbranched alkanes of at least 4 members (excludes halogenated alkanes) is 1. The van der Waals surface area contributed by atoms with Crippen LogP contribution in [-0.4, -0.2) is 146 Å². The van der Waals surface area contributed by atoms with Crippen molar-refractivity contribution < 1.29 is 75.7 Å². The molecule has 6 rings (SSSR count). The van der Waals surface area contributed by atoms with Gasteiger partial charge in [-0.2, -0.15) is 5.26 Å². The molecular weight excluding hydrogens is 1140 g/mol. The lowest BCUT2D eigenvalue weighted by atomic mass is 9.80. The van der Waals surface area contributed by atoms with E-state index in [-0.39, 0.29) is 63.8 Å². The first-order valence-electron chi connectivity index (χ1n) is 28.7. The summed E-state index contributed by atoms with van der Waals surface area (Å²) in [7, 11) is 1.27. The van der Waals surface area contributed by atoms with Gasteiger partial charge in [0.25, 0.3) is 14.1 Å². The molecule has 2 aliphatic heterocycles. The van der Waals surface area contributed by atoms with Crippen LogP contribution in [0.5, 0.6) is 11.5 Å². The number of hydrogen-bond acceptors (Lipinski definition) is 20. The van der Waals surface area contributed by atoms with Crippen LogP contribution in [0.4, 0.5) is 0 Å². The van der Waals surface area contributed by atoms with E-state index in [9.17, 15) is 38.8 Å². The highest BCUT2D eigenvalue weighted by Crippen LogP contribution is 2.53. The second-order valence-electron chi connectivity index (χ2n) is 21.2. The quantitative estimate of drug-likeness (QED) is 0.0155. The van der Waals surface area contributed by atoms with Gasteiger partial charge in [-0.1, -0.05) is 54.6 Å². The van der Waals surface area contributed by atoms with Crippen molar-refractivity contribution in [3.8, 4) is 17.6 Å². The van der Waals surface area contributed by atoms with Crippen molar-refractivity contribution in [3.05, 3.63) is 129 Å². The standard InChI is InChI=1S/C61H81N6O18P/c1-38(2)67(39(3)4)86(80-35-17-31-62)85-55-49(20-16-32-63-52(72)21-14-15-34-77-59-54(64-40(5)68)57(82-43(8)71)56(81-42(7)70)50(84-59)36-78-41(6)69)58(66-33-30-53(73)65-60(66)74)83-51(55)37-79-61(44-18-12-11-13-19-44,45-22-26-47(75-9)27-23-45)46-24-28-48(76-10)29-25-46/h11-13,18-19,22-30,33,38-39,49-51,54-59H,14-17,20-21,32,34-37H2,1-10H3,(H,63,72)(H,64,68)(H,65,73,74)/t49-,50-,51-,54-,55+,56+,57-,58-,59-,86?/m1/s1. The number of carbonyl (C=O) groups excluding carboxylic acids is 5. The molecule has 2 amide bonds. The van der Waals surface area contributed by atoms with E-state index in [1.807, 2.05) is 107 Å². The van der Waals surface area contributed by atoms with Gasteiger partial charge in [0.2, 0.25) is 11.8 Å². The van der Waals surface area contributed by atoms with E-state index in [1.165, 1.54) is 30.7 Å². The maximum atomic E-state index is 13.9. The van der Waals surface area contributed by atoms with Crippen LogP contribution >= 0.6 is 8.53 Å². The number of nitriles is 1. The summed E-state index contributed by atoms with van der Waals surface area (Å²) in [4.78, 5) is 91.0. The predicted octanol–water partition coefficient (Wildman–Crippen LogP) is 6.48. The number of nitrogens with zero attached hydrogens (tertiary/aromatic N) is 3. The SMILES string of the molecule is COc1ccc(C(OC[C@H]2O[C@@H](n3ccc(=O)[nH]c3=O)[C@H](CCCNC(=O)CCCCO[C@@H]3O[C@H](COC(C)=O)[C@H](OC(C)=O)[C@H](OC(C)=O)[C@H]3NC(C)=O)[C@@H]2OP(OCCC#N)N(C(C)C)C(C)C)(c2ccccc2)c2ccc(OC)cc2)cc1. The number of rotatable bonds is 32. The second-order valence-corrected chi connectivity index (χ2v) is 22.6. The molecule has 0 aliphatic carbocycles. The zero-order valence-electron chi connectivity index (χ0n) is 50.4. The van der Waals surface area contributed by atoms with Gasteiger partial charge in [0.15, 0.2) is 18.5 Å². The Bertz CT molecular complexity index is 2940. The molecule has 0 bridgehead atoms. The first kappa shape index (κ1) is 68.0. The monoisotopic (exact) mass is 1220 g/mol. The Balaban J connectivity index is 1.26. The molecule has 4 aromatic rings. The van der Waals surface area contributed by atoms with Gasteiger partial charge in [-0.05, 0) is 94.3 Å². The molecule has 1 unspecified atom stereocenters. The van der Waals surface area contributed by atoms with Gasteiger partial charge >= 0.3 is 23.6 Å². The first-order valence-corrected chi connectivity index (χ1v) is 29.8. The number of carbonyl (C=O) groups is 5. The Hall–Kier alpha value is -7.07. The van der Waals surface area contributed by atoms with E-state index in [0.29, 0.717) is 37.2 Å². The highest BCUT2D eigenvalue weighted by Gasteiger charge is 2.53. The number of H-pyrrole nitrogens is 1. The van der Waals surface area contributed by atoms with Crippen molar-refractivity contribution in [1.82, 2.24) is 24.9 Å². The second kappa shape index (κ2) is 33.2. The highest BCUT2D eigenvalue weighted by molar-refractivity contribution is 7.44. The number of benzene rings is 3. The lowest BCUT2D eigenvalue weighted by molar-refractivity contribution is -0.277. The molecule has 25 heteroatoms.